The molecule has 0 saturated carbocycles. The number of hydrogen-bond acceptors (Lipinski definition) is 4. The molecule has 0 fully saturated rings. The van der Waals surface area contributed by atoms with Gasteiger partial charge in [-0.3, -0.25) is 4.68 Å². The number of rotatable bonds is 7. The first-order valence-electron chi connectivity index (χ1n) is 5.68. The van der Waals surface area contributed by atoms with Crippen LogP contribution in [-0.4, -0.2) is 53.6 Å². The van der Waals surface area contributed by atoms with Gasteiger partial charge in [-0.25, -0.2) is 0 Å². The third-order valence-electron chi connectivity index (χ3n) is 2.39. The molecular formula is C11H20BrN3O2. The Bertz CT molecular complexity index is 341. The van der Waals surface area contributed by atoms with Gasteiger partial charge in [-0.15, -0.1) is 0 Å². The van der Waals surface area contributed by atoms with Crippen LogP contribution in [0.25, 0.3) is 0 Å². The molecule has 6 heteroatoms. The molecule has 1 aromatic rings. The smallest absolute Gasteiger partial charge is 0.120 e. The summed E-state index contributed by atoms with van der Waals surface area (Å²) in [5, 5.41) is 14.3. The predicted molar refractivity (Wildman–Crippen MR) is 69.9 cm³/mol. The van der Waals surface area contributed by atoms with E-state index in [2.05, 4.69) is 25.9 Å². The molecule has 0 aliphatic carbocycles. The number of aliphatic hydroxyl groups excluding tert-OH is 1. The van der Waals surface area contributed by atoms with Gasteiger partial charge in [-0.1, -0.05) is 0 Å². The fourth-order valence-electron chi connectivity index (χ4n) is 1.48. The Morgan fingerprint density at radius 1 is 1.59 bits per heavy atom. The van der Waals surface area contributed by atoms with Crippen molar-refractivity contribution >= 4 is 15.9 Å². The molecule has 0 aliphatic heterocycles. The van der Waals surface area contributed by atoms with Crippen molar-refractivity contribution in [2.24, 2.45) is 0 Å². The van der Waals surface area contributed by atoms with Crippen molar-refractivity contribution in [1.82, 2.24) is 14.7 Å². The number of likely N-dealkylation sites (N-methyl/N-ethyl adjacent to an activating group) is 1. The van der Waals surface area contributed by atoms with E-state index >= 15 is 0 Å². The quantitative estimate of drug-likeness (QED) is 0.824. The van der Waals surface area contributed by atoms with Crippen molar-refractivity contribution in [1.29, 1.82) is 0 Å². The molecule has 0 spiro atoms. The summed E-state index contributed by atoms with van der Waals surface area (Å²) in [6.07, 6.45) is 1.06. The summed E-state index contributed by atoms with van der Waals surface area (Å²) in [6.45, 7) is 4.42. The molecule has 1 aromatic heterocycles. The van der Waals surface area contributed by atoms with Gasteiger partial charge in [0.15, 0.2) is 0 Å². The van der Waals surface area contributed by atoms with Gasteiger partial charge in [0.2, 0.25) is 0 Å². The molecule has 0 aromatic carbocycles. The van der Waals surface area contributed by atoms with Crippen molar-refractivity contribution in [2.75, 3.05) is 33.9 Å². The maximum Gasteiger partial charge on any atom is 0.120 e. The Labute approximate surface area is 110 Å². The number of aliphatic hydroxyl groups is 1. The van der Waals surface area contributed by atoms with Crippen LogP contribution in [0.5, 0.6) is 0 Å². The van der Waals surface area contributed by atoms with Crippen LogP contribution in [0.3, 0.4) is 0 Å². The molecule has 0 aliphatic rings. The number of aromatic nitrogens is 2. The zero-order valence-electron chi connectivity index (χ0n) is 10.6. The molecule has 0 bridgehead atoms. The summed E-state index contributed by atoms with van der Waals surface area (Å²) < 4.78 is 7.87. The third-order valence-corrected chi connectivity index (χ3v) is 3.00. The van der Waals surface area contributed by atoms with Crippen LogP contribution in [0.2, 0.25) is 0 Å². The second-order valence-corrected chi connectivity index (χ2v) is 4.93. The van der Waals surface area contributed by atoms with Crippen molar-refractivity contribution in [3.05, 3.63) is 16.4 Å². The Morgan fingerprint density at radius 3 is 2.88 bits per heavy atom. The van der Waals surface area contributed by atoms with Crippen LogP contribution in [-0.2, 0) is 11.3 Å². The fraction of sp³-hybridized carbons (Fsp3) is 0.727. The molecule has 0 amide bonds. The summed E-state index contributed by atoms with van der Waals surface area (Å²) in [7, 11) is 4.02. The normalized spacial score (nSPS) is 13.3. The predicted octanol–water partition coefficient (Wildman–Crippen LogP) is 1.28. The maximum absolute atomic E-state index is 10.0. The molecule has 98 valence electrons. The highest BCUT2D eigenvalue weighted by Gasteiger charge is 2.17. The number of hydrogen-bond donors (Lipinski definition) is 1. The molecule has 0 radical (unpaired) electrons. The van der Waals surface area contributed by atoms with E-state index in [0.29, 0.717) is 13.2 Å². The van der Waals surface area contributed by atoms with E-state index in [1.165, 1.54) is 0 Å². The van der Waals surface area contributed by atoms with Gasteiger partial charge in [-0.05, 0) is 36.9 Å². The zero-order valence-corrected chi connectivity index (χ0v) is 12.1. The van der Waals surface area contributed by atoms with Crippen LogP contribution < -0.4 is 0 Å². The van der Waals surface area contributed by atoms with Crippen molar-refractivity contribution < 1.29 is 9.84 Å². The number of nitrogens with zero attached hydrogens (tertiary/aromatic N) is 3. The molecule has 1 unspecified atom stereocenters. The average Bonchev–Trinajstić information content (AvgIpc) is 2.64. The SMILES string of the molecule is CCOCC(O)c1c(Br)cnn1CCN(C)C. The molecule has 17 heavy (non-hydrogen) atoms. The minimum atomic E-state index is -0.644. The van der Waals surface area contributed by atoms with Crippen molar-refractivity contribution in [3.63, 3.8) is 0 Å². The summed E-state index contributed by atoms with van der Waals surface area (Å²) >= 11 is 3.40. The second-order valence-electron chi connectivity index (χ2n) is 4.08. The van der Waals surface area contributed by atoms with Gasteiger partial charge in [0.1, 0.15) is 6.10 Å². The summed E-state index contributed by atoms with van der Waals surface area (Å²) in [6, 6.07) is 0. The zero-order chi connectivity index (χ0) is 12.8. The molecule has 1 atom stereocenters. The van der Waals surface area contributed by atoms with Gasteiger partial charge >= 0.3 is 0 Å². The minimum absolute atomic E-state index is 0.294. The summed E-state index contributed by atoms with van der Waals surface area (Å²) in [5.41, 5.74) is 0.778. The lowest BCUT2D eigenvalue weighted by Gasteiger charge is -2.16. The van der Waals surface area contributed by atoms with Crippen LogP contribution in [0.15, 0.2) is 10.7 Å². The van der Waals surface area contributed by atoms with Crippen molar-refractivity contribution in [2.45, 2.75) is 19.6 Å². The highest BCUT2D eigenvalue weighted by Crippen LogP contribution is 2.23. The Hall–Kier alpha value is -0.430. The summed E-state index contributed by atoms with van der Waals surface area (Å²) in [5.74, 6) is 0. The monoisotopic (exact) mass is 305 g/mol. The maximum atomic E-state index is 10.0. The Balaban J connectivity index is 2.71. The van der Waals surface area contributed by atoms with Crippen LogP contribution >= 0.6 is 15.9 Å². The largest absolute Gasteiger partial charge is 0.384 e. The molecule has 0 saturated heterocycles. The van der Waals surface area contributed by atoms with Gasteiger partial charge < -0.3 is 14.7 Å². The fourth-order valence-corrected chi connectivity index (χ4v) is 2.05. The second kappa shape index (κ2) is 7.10. The van der Waals surface area contributed by atoms with Crippen LogP contribution in [0.1, 0.15) is 18.7 Å². The lowest BCUT2D eigenvalue weighted by molar-refractivity contribution is 0.0366. The number of halogens is 1. The van der Waals surface area contributed by atoms with E-state index in [4.69, 9.17) is 4.74 Å². The number of ether oxygens (including phenoxy) is 1. The van der Waals surface area contributed by atoms with E-state index in [-0.39, 0.29) is 0 Å². The Morgan fingerprint density at radius 2 is 2.29 bits per heavy atom. The van der Waals surface area contributed by atoms with Crippen LogP contribution in [0.4, 0.5) is 0 Å². The van der Waals surface area contributed by atoms with E-state index in [9.17, 15) is 5.11 Å². The van der Waals surface area contributed by atoms with Crippen LogP contribution in [0, 0.1) is 0 Å². The van der Waals surface area contributed by atoms with E-state index in [1.807, 2.05) is 25.7 Å². The molecule has 1 heterocycles. The topological polar surface area (TPSA) is 50.5 Å². The molecule has 5 nitrogen and oxygen atoms in total. The lowest BCUT2D eigenvalue weighted by atomic mass is 10.2. The van der Waals surface area contributed by atoms with Crippen molar-refractivity contribution in [3.8, 4) is 0 Å². The standard InChI is InChI=1S/C11H20BrN3O2/c1-4-17-8-10(16)11-9(12)7-13-15(11)6-5-14(2)3/h7,10,16H,4-6,8H2,1-3H3. The average molecular weight is 306 g/mol. The van der Waals surface area contributed by atoms with Gasteiger partial charge in [0, 0.05) is 13.2 Å². The molecular weight excluding hydrogens is 286 g/mol. The molecule has 1 rings (SSSR count). The van der Waals surface area contributed by atoms with Gasteiger partial charge in [-0.2, -0.15) is 5.10 Å². The molecule has 1 N–H and O–H groups in total. The van der Waals surface area contributed by atoms with E-state index in [1.54, 1.807) is 6.20 Å². The lowest BCUT2D eigenvalue weighted by Crippen LogP contribution is -2.22. The first kappa shape index (κ1) is 14.6. The minimum Gasteiger partial charge on any atom is -0.384 e. The highest BCUT2D eigenvalue weighted by molar-refractivity contribution is 9.10. The van der Waals surface area contributed by atoms with E-state index < -0.39 is 6.10 Å². The first-order chi connectivity index (χ1) is 8.06. The van der Waals surface area contributed by atoms with E-state index in [0.717, 1.165) is 23.3 Å². The Kier molecular flexibility index (Phi) is 6.11. The van der Waals surface area contributed by atoms with Gasteiger partial charge in [0.05, 0.1) is 29.5 Å². The van der Waals surface area contributed by atoms with Gasteiger partial charge in [0.25, 0.3) is 0 Å². The third kappa shape index (κ3) is 4.39. The summed E-state index contributed by atoms with van der Waals surface area (Å²) in [4.78, 5) is 2.08. The first-order valence-corrected chi connectivity index (χ1v) is 6.47. The highest BCUT2D eigenvalue weighted by atomic mass is 79.9.